The van der Waals surface area contributed by atoms with Crippen LogP contribution in [-0.4, -0.2) is 44.4 Å². The van der Waals surface area contributed by atoms with Gasteiger partial charge >= 0.3 is 0 Å². The average Bonchev–Trinajstić information content (AvgIpc) is 3.18. The lowest BCUT2D eigenvalue weighted by atomic mass is 9.90. The molecule has 0 bridgehead atoms. The van der Waals surface area contributed by atoms with Gasteiger partial charge in [-0.2, -0.15) is 0 Å². The first kappa shape index (κ1) is 24.3. The normalized spacial score (nSPS) is 24.3. The number of thioether (sulfide) groups is 1. The molecule has 0 aliphatic carbocycles. The molecule has 4 atom stereocenters. The monoisotopic (exact) mass is 498 g/mol. The molecular formula is C28H30N6OS. The first-order valence-corrected chi connectivity index (χ1v) is 13.3. The van der Waals surface area contributed by atoms with Crippen LogP contribution < -0.4 is 5.32 Å². The Bertz CT molecular complexity index is 1350. The van der Waals surface area contributed by atoms with Crippen LogP contribution in [0.4, 0.5) is 0 Å². The maximum Gasteiger partial charge on any atom is 0.222 e. The molecule has 5 rings (SSSR count). The summed E-state index contributed by atoms with van der Waals surface area (Å²) in [6.07, 6.45) is 6.52. The van der Waals surface area contributed by atoms with Crippen LogP contribution >= 0.6 is 11.8 Å². The van der Waals surface area contributed by atoms with Crippen LogP contribution in [0.25, 0.3) is 5.03 Å². The number of fused-ring (bicyclic) bond motifs is 2. The minimum Gasteiger partial charge on any atom is -0.356 e. The highest BCUT2D eigenvalue weighted by Gasteiger charge is 2.39. The van der Waals surface area contributed by atoms with Gasteiger partial charge < -0.3 is 5.32 Å². The topological polar surface area (TPSA) is 84.5 Å². The summed E-state index contributed by atoms with van der Waals surface area (Å²) < 4.78 is 2.12. The summed E-state index contributed by atoms with van der Waals surface area (Å²) >= 11 is 1.84. The van der Waals surface area contributed by atoms with Crippen LogP contribution in [0.5, 0.6) is 0 Å². The minimum atomic E-state index is -0.429. The van der Waals surface area contributed by atoms with E-state index in [1.807, 2.05) is 30.8 Å². The highest BCUT2D eigenvalue weighted by atomic mass is 32.2. The van der Waals surface area contributed by atoms with E-state index in [1.165, 1.54) is 11.1 Å². The van der Waals surface area contributed by atoms with Gasteiger partial charge in [0.05, 0.1) is 17.2 Å². The van der Waals surface area contributed by atoms with Crippen LogP contribution in [0.3, 0.4) is 0 Å². The number of hydrogen-bond donors (Lipinski definition) is 1. The fourth-order valence-electron chi connectivity index (χ4n) is 4.68. The van der Waals surface area contributed by atoms with E-state index in [2.05, 4.69) is 82.1 Å². The van der Waals surface area contributed by atoms with Crippen molar-refractivity contribution in [2.45, 2.75) is 51.8 Å². The zero-order valence-corrected chi connectivity index (χ0v) is 21.8. The van der Waals surface area contributed by atoms with Crippen LogP contribution in [-0.2, 0) is 4.79 Å². The number of aromatic nitrogens is 3. The Morgan fingerprint density at radius 3 is 2.78 bits per heavy atom. The maximum absolute atomic E-state index is 13.1. The van der Waals surface area contributed by atoms with Crippen molar-refractivity contribution in [1.82, 2.24) is 20.1 Å². The highest BCUT2D eigenvalue weighted by molar-refractivity contribution is 8.08. The summed E-state index contributed by atoms with van der Waals surface area (Å²) in [5.74, 6) is 4.95. The highest BCUT2D eigenvalue weighted by Crippen LogP contribution is 2.49. The standard InChI is InChI=1S/C28H30N6OS/c1-17-7-9-22(10-8-17)26-25-18(2)19(3)36-28(25)34-20(4)32-33-27(34)23(31-26)16-24(35)30-15-12-21-6-5-13-29-14-11-21/h5-10,13,18-19,21,23H,12,15-16H2,1-4H3,(H,30,35)/t18?,19-,21?,23-/m0/s1. The number of rotatable bonds is 6. The van der Waals surface area contributed by atoms with Crippen molar-refractivity contribution >= 4 is 34.6 Å². The lowest BCUT2D eigenvalue weighted by Crippen LogP contribution is -2.27. The van der Waals surface area contributed by atoms with Crippen LogP contribution in [0.1, 0.15) is 55.5 Å². The van der Waals surface area contributed by atoms with Gasteiger partial charge in [0, 0.05) is 41.1 Å². The van der Waals surface area contributed by atoms with E-state index < -0.39 is 6.04 Å². The van der Waals surface area contributed by atoms with Crippen molar-refractivity contribution in [3.63, 3.8) is 0 Å². The van der Waals surface area contributed by atoms with Gasteiger partial charge in [-0.3, -0.25) is 14.4 Å². The predicted molar refractivity (Wildman–Crippen MR) is 146 cm³/mol. The third kappa shape index (κ3) is 4.80. The van der Waals surface area contributed by atoms with Gasteiger partial charge in [-0.15, -0.1) is 22.0 Å². The van der Waals surface area contributed by atoms with E-state index in [-0.39, 0.29) is 18.2 Å². The SMILES string of the molecule is Cc1ccc(C2=N[C@@H](CC(=O)NCCC3C#CN=CC=C3)c3nnc(C)n3C3=C2C(C)[C@H](C)S3)cc1. The molecule has 2 unspecified atom stereocenters. The van der Waals surface area contributed by atoms with Gasteiger partial charge in [0.2, 0.25) is 5.91 Å². The lowest BCUT2D eigenvalue weighted by molar-refractivity contribution is -0.121. The van der Waals surface area contributed by atoms with E-state index in [0.29, 0.717) is 17.7 Å². The molecule has 1 amide bonds. The Morgan fingerprint density at radius 2 is 1.97 bits per heavy atom. The number of allylic oxidation sites excluding steroid dienone is 3. The molecule has 1 aromatic carbocycles. The molecule has 7 nitrogen and oxygen atoms in total. The Balaban J connectivity index is 1.44. The summed E-state index contributed by atoms with van der Waals surface area (Å²) in [7, 11) is 0. The van der Waals surface area contributed by atoms with E-state index in [9.17, 15) is 4.79 Å². The number of carbonyl (C=O) groups is 1. The molecule has 0 fully saturated rings. The minimum absolute atomic E-state index is 0.0582. The second-order valence-electron chi connectivity index (χ2n) is 9.50. The number of aliphatic imine (C=N–C) groups is 2. The molecule has 0 spiro atoms. The molecule has 0 saturated heterocycles. The van der Waals surface area contributed by atoms with Crippen LogP contribution in [0, 0.1) is 37.6 Å². The first-order valence-electron chi connectivity index (χ1n) is 12.4. The Labute approximate surface area is 216 Å². The summed E-state index contributed by atoms with van der Waals surface area (Å²) in [5.41, 5.74) is 4.44. The van der Waals surface area contributed by atoms with Crippen molar-refractivity contribution in [2.75, 3.05) is 6.54 Å². The molecule has 184 valence electrons. The van der Waals surface area contributed by atoms with Crippen molar-refractivity contribution in [2.24, 2.45) is 21.8 Å². The molecular weight excluding hydrogens is 468 g/mol. The van der Waals surface area contributed by atoms with Gasteiger partial charge in [0.1, 0.15) is 11.9 Å². The molecule has 0 radical (unpaired) electrons. The van der Waals surface area contributed by atoms with Crippen molar-refractivity contribution in [1.29, 1.82) is 0 Å². The second kappa shape index (κ2) is 10.3. The largest absolute Gasteiger partial charge is 0.356 e. The molecule has 1 aromatic heterocycles. The number of nitrogens with zero attached hydrogens (tertiary/aromatic N) is 5. The maximum atomic E-state index is 13.1. The van der Waals surface area contributed by atoms with Crippen molar-refractivity contribution in [3.8, 4) is 12.0 Å². The molecule has 3 aliphatic heterocycles. The molecule has 4 heterocycles. The third-order valence-electron chi connectivity index (χ3n) is 6.88. The molecule has 2 aromatic rings. The number of benzene rings is 1. The van der Waals surface area contributed by atoms with Crippen LogP contribution in [0.15, 0.2) is 52.0 Å². The fourth-order valence-corrected chi connectivity index (χ4v) is 6.12. The van der Waals surface area contributed by atoms with Crippen molar-refractivity contribution in [3.05, 3.63) is 64.8 Å². The fraction of sp³-hybridized carbons (Fsp3) is 0.393. The Hall–Kier alpha value is -3.44. The summed E-state index contributed by atoms with van der Waals surface area (Å²) in [6, 6.07) is 10.8. The smallest absolute Gasteiger partial charge is 0.222 e. The van der Waals surface area contributed by atoms with Gasteiger partial charge in [-0.25, -0.2) is 4.99 Å². The molecule has 36 heavy (non-hydrogen) atoms. The quantitative estimate of drug-likeness (QED) is 0.595. The zero-order valence-electron chi connectivity index (χ0n) is 21.0. The number of hydrogen-bond acceptors (Lipinski definition) is 6. The molecule has 1 N–H and O–H groups in total. The van der Waals surface area contributed by atoms with E-state index in [0.717, 1.165) is 34.4 Å². The lowest BCUT2D eigenvalue weighted by Gasteiger charge is -2.18. The number of nitrogens with one attached hydrogen (secondary N) is 1. The van der Waals surface area contributed by atoms with E-state index in [4.69, 9.17) is 4.99 Å². The average molecular weight is 499 g/mol. The first-order chi connectivity index (χ1) is 17.4. The molecule has 0 saturated carbocycles. The number of carbonyl (C=O) groups excluding carboxylic acids is 1. The summed E-state index contributed by atoms with van der Waals surface area (Å²) in [5, 5.41) is 13.5. The van der Waals surface area contributed by atoms with E-state index in [1.54, 1.807) is 6.21 Å². The number of aryl methyl sites for hydroxylation is 2. The number of amides is 1. The zero-order chi connectivity index (χ0) is 25.2. The Kier molecular flexibility index (Phi) is 6.92. The van der Waals surface area contributed by atoms with Gasteiger partial charge in [-0.1, -0.05) is 55.7 Å². The predicted octanol–water partition coefficient (Wildman–Crippen LogP) is 4.49. The molecule has 3 aliphatic rings. The third-order valence-corrected chi connectivity index (χ3v) is 8.28. The van der Waals surface area contributed by atoms with Crippen LogP contribution in [0.2, 0.25) is 0 Å². The van der Waals surface area contributed by atoms with E-state index >= 15 is 0 Å². The van der Waals surface area contributed by atoms with Gasteiger partial charge in [-0.05, 0) is 32.3 Å². The summed E-state index contributed by atoms with van der Waals surface area (Å²) in [6.45, 7) is 9.09. The Morgan fingerprint density at radius 1 is 1.17 bits per heavy atom. The van der Waals surface area contributed by atoms with Gasteiger partial charge in [0.25, 0.3) is 0 Å². The van der Waals surface area contributed by atoms with Crippen molar-refractivity contribution < 1.29 is 4.79 Å². The van der Waals surface area contributed by atoms with Gasteiger partial charge in [0.15, 0.2) is 5.82 Å². The second-order valence-corrected chi connectivity index (χ2v) is 10.9. The summed E-state index contributed by atoms with van der Waals surface area (Å²) in [4.78, 5) is 22.2. The molecule has 8 heteroatoms.